The molecule has 0 aliphatic rings. The van der Waals surface area contributed by atoms with E-state index in [9.17, 15) is 4.79 Å². The lowest BCUT2D eigenvalue weighted by Gasteiger charge is -2.12. The molecule has 1 amide bonds. The number of anilines is 1. The number of benzene rings is 2. The monoisotopic (exact) mass is 386 g/mol. The van der Waals surface area contributed by atoms with E-state index in [-0.39, 0.29) is 5.91 Å². The molecule has 0 saturated heterocycles. The third kappa shape index (κ3) is 3.69. The fourth-order valence-corrected chi connectivity index (χ4v) is 3.93. The molecule has 0 aliphatic carbocycles. The van der Waals surface area contributed by atoms with E-state index >= 15 is 0 Å². The molecule has 4 rings (SSSR count). The zero-order chi connectivity index (χ0) is 19.5. The lowest BCUT2D eigenvalue weighted by Crippen LogP contribution is -2.13. The van der Waals surface area contributed by atoms with Gasteiger partial charge in [-0.25, -0.2) is 4.98 Å². The minimum Gasteiger partial charge on any atom is -0.322 e. The van der Waals surface area contributed by atoms with Crippen LogP contribution in [0.15, 0.2) is 72.1 Å². The Bertz CT molecular complexity index is 1100. The van der Waals surface area contributed by atoms with Crippen molar-refractivity contribution in [3.63, 3.8) is 0 Å². The molecule has 2 heterocycles. The molecule has 140 valence electrons. The van der Waals surface area contributed by atoms with Crippen molar-refractivity contribution in [1.29, 1.82) is 0 Å². The van der Waals surface area contributed by atoms with Crippen molar-refractivity contribution in [2.45, 2.75) is 26.2 Å². The van der Waals surface area contributed by atoms with Crippen LogP contribution in [0.2, 0.25) is 0 Å². The molecule has 0 aliphatic heterocycles. The summed E-state index contributed by atoms with van der Waals surface area (Å²) in [5.41, 5.74) is 4.38. The highest BCUT2D eigenvalue weighted by Crippen LogP contribution is 2.28. The van der Waals surface area contributed by atoms with Crippen LogP contribution in [0.1, 0.15) is 42.1 Å². The molecule has 1 unspecified atom stereocenters. The first-order chi connectivity index (χ1) is 13.7. The van der Waals surface area contributed by atoms with E-state index in [0.717, 1.165) is 33.6 Å². The molecule has 0 radical (unpaired) electrons. The number of hydrogen-bond acceptors (Lipinski definition) is 3. The fraction of sp³-hybridized carbons (Fsp3) is 0.167. The smallest absolute Gasteiger partial charge is 0.256 e. The second kappa shape index (κ2) is 7.95. The summed E-state index contributed by atoms with van der Waals surface area (Å²) >= 11 is 1.62. The summed E-state index contributed by atoms with van der Waals surface area (Å²) in [6.45, 7) is 4.39. The molecule has 2 aromatic carbocycles. The minimum atomic E-state index is -0.118. The van der Waals surface area contributed by atoms with E-state index in [0.29, 0.717) is 11.5 Å². The zero-order valence-electron chi connectivity index (χ0n) is 16.0. The van der Waals surface area contributed by atoms with Crippen LogP contribution >= 0.6 is 11.3 Å². The lowest BCUT2D eigenvalue weighted by atomic mass is 9.98. The number of para-hydroxylation sites is 1. The Kier molecular flexibility index (Phi) is 5.22. The Morgan fingerprint density at radius 3 is 2.57 bits per heavy atom. The molecule has 0 bridgehead atoms. The van der Waals surface area contributed by atoms with Gasteiger partial charge >= 0.3 is 0 Å². The Hall–Kier alpha value is -2.98. The summed E-state index contributed by atoms with van der Waals surface area (Å²) < 4.78 is 0. The molecule has 0 saturated carbocycles. The number of aromatic nitrogens is 1. The van der Waals surface area contributed by atoms with Gasteiger partial charge in [-0.05, 0) is 53.6 Å². The van der Waals surface area contributed by atoms with Crippen LogP contribution in [0, 0.1) is 0 Å². The highest BCUT2D eigenvalue weighted by Gasteiger charge is 2.15. The summed E-state index contributed by atoms with van der Waals surface area (Å²) in [7, 11) is 0. The number of fused-ring (bicyclic) bond motifs is 1. The molecule has 1 N–H and O–H groups in total. The maximum Gasteiger partial charge on any atom is 0.256 e. The maximum atomic E-state index is 13.1. The summed E-state index contributed by atoms with van der Waals surface area (Å²) in [5.74, 6) is 0.398. The molecule has 0 spiro atoms. The van der Waals surface area contributed by atoms with Gasteiger partial charge in [0.2, 0.25) is 0 Å². The van der Waals surface area contributed by atoms with Crippen LogP contribution in [0.4, 0.5) is 5.69 Å². The summed E-state index contributed by atoms with van der Waals surface area (Å²) in [4.78, 5) is 18.9. The number of rotatable bonds is 5. The van der Waals surface area contributed by atoms with Gasteiger partial charge in [-0.2, -0.15) is 0 Å². The lowest BCUT2D eigenvalue weighted by molar-refractivity contribution is 0.102. The zero-order valence-corrected chi connectivity index (χ0v) is 16.8. The van der Waals surface area contributed by atoms with E-state index < -0.39 is 0 Å². The third-order valence-corrected chi connectivity index (χ3v) is 5.98. The van der Waals surface area contributed by atoms with E-state index in [2.05, 4.69) is 31.3 Å². The van der Waals surface area contributed by atoms with Crippen molar-refractivity contribution in [3.05, 3.63) is 83.2 Å². The summed E-state index contributed by atoms with van der Waals surface area (Å²) in [5, 5.41) is 5.92. The Labute approximate surface area is 169 Å². The van der Waals surface area contributed by atoms with E-state index in [1.165, 1.54) is 5.56 Å². The molecule has 3 nitrogen and oxygen atoms in total. The second-order valence-electron chi connectivity index (χ2n) is 6.93. The highest BCUT2D eigenvalue weighted by atomic mass is 32.1. The maximum absolute atomic E-state index is 13.1. The molecular weight excluding hydrogens is 364 g/mol. The highest BCUT2D eigenvalue weighted by molar-refractivity contribution is 7.13. The molecular formula is C24H22N2OS. The number of nitrogens with one attached hydrogen (secondary N) is 1. The van der Waals surface area contributed by atoms with E-state index in [1.807, 2.05) is 60.0 Å². The standard InChI is InChI=1S/C24H22N2OS/c1-3-16(2)17-10-12-18(13-11-17)25-24(27)20-15-22(23-9-6-14-28-23)26-21-8-5-4-7-19(20)21/h4-16H,3H2,1-2H3,(H,25,27). The van der Waals surface area contributed by atoms with Gasteiger partial charge in [-0.15, -0.1) is 11.3 Å². The van der Waals surface area contributed by atoms with E-state index in [4.69, 9.17) is 4.98 Å². The third-order valence-electron chi connectivity index (χ3n) is 5.08. The number of hydrogen-bond donors (Lipinski definition) is 1. The average molecular weight is 387 g/mol. The van der Waals surface area contributed by atoms with Crippen molar-refractivity contribution in [2.75, 3.05) is 5.32 Å². The molecule has 0 fully saturated rings. The number of pyridine rings is 1. The van der Waals surface area contributed by atoms with Crippen LogP contribution in [0.25, 0.3) is 21.5 Å². The Morgan fingerprint density at radius 2 is 1.86 bits per heavy atom. The quantitative estimate of drug-likeness (QED) is 0.413. The van der Waals surface area contributed by atoms with Gasteiger partial charge in [0.1, 0.15) is 0 Å². The molecule has 28 heavy (non-hydrogen) atoms. The van der Waals surface area contributed by atoms with Crippen molar-refractivity contribution in [1.82, 2.24) is 4.98 Å². The van der Waals surface area contributed by atoms with Crippen LogP contribution in [0.3, 0.4) is 0 Å². The Balaban J connectivity index is 1.68. The first-order valence-electron chi connectivity index (χ1n) is 9.50. The molecule has 1 atom stereocenters. The SMILES string of the molecule is CCC(C)c1ccc(NC(=O)c2cc(-c3cccs3)nc3ccccc23)cc1. The predicted octanol–water partition coefficient (Wildman–Crippen LogP) is 6.73. The predicted molar refractivity (Wildman–Crippen MR) is 118 cm³/mol. The van der Waals surface area contributed by atoms with Gasteiger partial charge < -0.3 is 5.32 Å². The van der Waals surface area contributed by atoms with Crippen LogP contribution in [0.5, 0.6) is 0 Å². The summed E-state index contributed by atoms with van der Waals surface area (Å²) in [6.07, 6.45) is 1.10. The number of nitrogens with zero attached hydrogens (tertiary/aromatic N) is 1. The number of carbonyl (C=O) groups is 1. The van der Waals surface area contributed by atoms with Crippen LogP contribution in [-0.4, -0.2) is 10.9 Å². The normalized spacial score (nSPS) is 12.1. The van der Waals surface area contributed by atoms with Crippen molar-refractivity contribution >= 4 is 33.8 Å². The van der Waals surface area contributed by atoms with Crippen molar-refractivity contribution < 1.29 is 4.79 Å². The van der Waals surface area contributed by atoms with Crippen molar-refractivity contribution in [3.8, 4) is 10.6 Å². The number of thiophene rings is 1. The van der Waals surface area contributed by atoms with Gasteiger partial charge in [0, 0.05) is 11.1 Å². The Morgan fingerprint density at radius 1 is 1.07 bits per heavy atom. The van der Waals surface area contributed by atoms with Crippen LogP contribution in [-0.2, 0) is 0 Å². The molecule has 2 aromatic heterocycles. The van der Waals surface area contributed by atoms with Crippen molar-refractivity contribution in [2.24, 2.45) is 0 Å². The first-order valence-corrected chi connectivity index (χ1v) is 10.4. The first kappa shape index (κ1) is 18.4. The number of amides is 1. The van der Waals surface area contributed by atoms with E-state index in [1.54, 1.807) is 11.3 Å². The summed E-state index contributed by atoms with van der Waals surface area (Å²) in [6, 6.07) is 21.8. The van der Waals surface area contributed by atoms with Gasteiger partial charge in [0.25, 0.3) is 5.91 Å². The van der Waals surface area contributed by atoms with Crippen LogP contribution < -0.4 is 5.32 Å². The van der Waals surface area contributed by atoms with Gasteiger partial charge in [0.05, 0.1) is 21.7 Å². The van der Waals surface area contributed by atoms with Gasteiger partial charge in [-0.3, -0.25) is 4.79 Å². The molecule has 4 aromatic rings. The molecule has 4 heteroatoms. The average Bonchev–Trinajstić information content (AvgIpc) is 3.28. The number of carbonyl (C=O) groups excluding carboxylic acids is 1. The largest absolute Gasteiger partial charge is 0.322 e. The fourth-order valence-electron chi connectivity index (χ4n) is 3.24. The second-order valence-corrected chi connectivity index (χ2v) is 7.88. The van der Waals surface area contributed by atoms with Gasteiger partial charge in [-0.1, -0.05) is 50.2 Å². The minimum absolute atomic E-state index is 0.118. The van der Waals surface area contributed by atoms with Gasteiger partial charge in [0.15, 0.2) is 0 Å². The topological polar surface area (TPSA) is 42.0 Å².